The van der Waals surface area contributed by atoms with Gasteiger partial charge in [-0.15, -0.1) is 0 Å². The summed E-state index contributed by atoms with van der Waals surface area (Å²) in [5.41, 5.74) is 0. The molecule has 1 atom stereocenters. The normalized spacial score (nSPS) is 18.2. The maximum atomic E-state index is 4.73. The van der Waals surface area contributed by atoms with E-state index in [4.69, 9.17) is 8.51 Å². The zero-order valence-electron chi connectivity index (χ0n) is 5.50. The van der Waals surface area contributed by atoms with Crippen molar-refractivity contribution in [1.29, 1.82) is 0 Å². The molecule has 0 saturated carbocycles. The second kappa shape index (κ2) is 6.70. The first-order valence-electron chi connectivity index (χ1n) is 2.86. The summed E-state index contributed by atoms with van der Waals surface area (Å²) in [6, 6.07) is 0. The second-order valence-corrected chi connectivity index (χ2v) is 2.58. The molecule has 10 heavy (non-hydrogen) atoms. The molecule has 0 amide bonds. The van der Waals surface area contributed by atoms with Gasteiger partial charge in [0.1, 0.15) is 0 Å². The summed E-state index contributed by atoms with van der Waals surface area (Å²) < 4.78 is 0. The number of hydrogen-bond acceptors (Lipinski definition) is 1. The Balaban J connectivity index is 0.000000371. The molecule has 1 radical (unpaired) electrons. The molecule has 1 aliphatic carbocycles. The molecule has 1 unspecified atom stereocenters. The summed E-state index contributed by atoms with van der Waals surface area (Å²) in [6.45, 7) is 3.78. The van der Waals surface area contributed by atoms with Gasteiger partial charge in [-0.25, -0.2) is 0 Å². The van der Waals surface area contributed by atoms with Crippen LogP contribution in [0.4, 0.5) is 0 Å². The minimum absolute atomic E-state index is 0.213. The third-order valence-electron chi connectivity index (χ3n) is 1.22. The van der Waals surface area contributed by atoms with E-state index in [0.29, 0.717) is 5.92 Å². The molecular weight excluding hydrogens is 243 g/mol. The van der Waals surface area contributed by atoms with E-state index in [2.05, 4.69) is 31.7 Å². The molecule has 0 nitrogen and oxygen atoms in total. The molecule has 1 aliphatic rings. The van der Waals surface area contributed by atoms with Gasteiger partial charge >= 0.3 is 32.0 Å². The molecule has 0 aromatic carbocycles. The van der Waals surface area contributed by atoms with Crippen LogP contribution in [0.5, 0.6) is 0 Å². The van der Waals surface area contributed by atoms with Crippen molar-refractivity contribution in [2.45, 2.75) is 5.25 Å². The van der Waals surface area contributed by atoms with E-state index in [1.165, 1.54) is 0 Å². The van der Waals surface area contributed by atoms with Crippen molar-refractivity contribution < 1.29 is 23.5 Å². The van der Waals surface area contributed by atoms with Crippen LogP contribution in [0, 0.1) is 12.8 Å². The average Bonchev–Trinajstić information content (AvgIpc) is 2.42. The Morgan fingerprint density at radius 3 is 2.00 bits per heavy atom. The molecule has 0 saturated heterocycles. The van der Waals surface area contributed by atoms with Crippen molar-refractivity contribution in [1.82, 2.24) is 0 Å². The van der Waals surface area contributed by atoms with Crippen LogP contribution in [0.1, 0.15) is 0 Å². The van der Waals surface area contributed by atoms with Gasteiger partial charge in [0.2, 0.25) is 0 Å². The van der Waals surface area contributed by atoms with E-state index in [1.807, 2.05) is 12.2 Å². The Bertz CT molecular complexity index is 120. The molecule has 0 N–H and O–H groups in total. The van der Waals surface area contributed by atoms with Gasteiger partial charge in [0, 0.05) is 11.2 Å². The minimum atomic E-state index is 0.213. The SMILES string of the molecule is [CH2]C(S)C1C=CC=C1.[Cl][Zr]. The van der Waals surface area contributed by atoms with Gasteiger partial charge in [0.05, 0.1) is 0 Å². The maximum absolute atomic E-state index is 4.73. The fourth-order valence-corrected chi connectivity index (χ4v) is 0.904. The first-order chi connectivity index (χ1) is 4.80. The van der Waals surface area contributed by atoms with Gasteiger partial charge in [-0.2, -0.15) is 12.6 Å². The van der Waals surface area contributed by atoms with Crippen LogP contribution < -0.4 is 0 Å². The second-order valence-electron chi connectivity index (χ2n) is 1.91. The standard InChI is InChI=1S/C7H9S.ClH.Zr/c1-6(8)7-4-2-3-5-7;;/h2-8H,1H2;1H;/q;;+1/p-1. The van der Waals surface area contributed by atoms with Crippen molar-refractivity contribution in [3.05, 3.63) is 31.2 Å². The van der Waals surface area contributed by atoms with Crippen molar-refractivity contribution in [3.63, 3.8) is 0 Å². The fraction of sp³-hybridized carbons (Fsp3) is 0.286. The molecule has 0 aromatic rings. The average molecular weight is 252 g/mol. The molecule has 0 aromatic heterocycles. The fourth-order valence-electron chi connectivity index (χ4n) is 0.706. The van der Waals surface area contributed by atoms with Crippen LogP contribution in [0.3, 0.4) is 0 Å². The zero-order valence-corrected chi connectivity index (χ0v) is 9.60. The van der Waals surface area contributed by atoms with Crippen molar-refractivity contribution in [2.75, 3.05) is 0 Å². The van der Waals surface area contributed by atoms with Gasteiger partial charge in [-0.05, 0) is 6.92 Å². The monoisotopic (exact) mass is 250 g/mol. The van der Waals surface area contributed by atoms with Crippen LogP contribution in [0.25, 0.3) is 0 Å². The number of halogens is 1. The first kappa shape index (κ1) is 11.0. The van der Waals surface area contributed by atoms with Crippen LogP contribution >= 0.6 is 21.1 Å². The molecule has 1 rings (SSSR count). The summed E-state index contributed by atoms with van der Waals surface area (Å²) in [7, 11) is 4.73. The van der Waals surface area contributed by atoms with Gasteiger partial charge in [-0.1, -0.05) is 24.3 Å². The Hall–Kier alpha value is 1.00. The van der Waals surface area contributed by atoms with Crippen molar-refractivity contribution in [2.24, 2.45) is 5.92 Å². The first-order valence-corrected chi connectivity index (χ1v) is 6.54. The van der Waals surface area contributed by atoms with Crippen LogP contribution in [-0.2, 0) is 23.5 Å². The Labute approximate surface area is 86.5 Å². The zero-order chi connectivity index (χ0) is 7.98. The summed E-state index contributed by atoms with van der Waals surface area (Å²) in [5.74, 6) is 0.457. The number of rotatable bonds is 1. The summed E-state index contributed by atoms with van der Waals surface area (Å²) in [5, 5.41) is 0.213. The molecule has 3 heteroatoms. The summed E-state index contributed by atoms with van der Waals surface area (Å²) >= 11 is 5.20. The molecule has 54 valence electrons. The molecule has 0 aliphatic heterocycles. The molecule has 0 fully saturated rings. The predicted octanol–water partition coefficient (Wildman–Crippen LogP) is 2.55. The van der Waals surface area contributed by atoms with E-state index < -0.39 is 0 Å². The Morgan fingerprint density at radius 1 is 1.40 bits per heavy atom. The van der Waals surface area contributed by atoms with Crippen LogP contribution in [0.15, 0.2) is 24.3 Å². The summed E-state index contributed by atoms with van der Waals surface area (Å²) in [4.78, 5) is 0. The van der Waals surface area contributed by atoms with E-state index in [-0.39, 0.29) is 5.25 Å². The van der Waals surface area contributed by atoms with Gasteiger partial charge in [0.15, 0.2) is 0 Å². The van der Waals surface area contributed by atoms with Crippen LogP contribution in [0.2, 0.25) is 0 Å². The van der Waals surface area contributed by atoms with E-state index in [1.54, 1.807) is 0 Å². The number of hydrogen-bond donors (Lipinski definition) is 1. The third kappa shape index (κ3) is 4.00. The van der Waals surface area contributed by atoms with Gasteiger partial charge in [-0.3, -0.25) is 0 Å². The van der Waals surface area contributed by atoms with Crippen LogP contribution in [-0.4, -0.2) is 5.25 Å². The number of thiol groups is 1. The molecular formula is C7H9ClSZr. The topological polar surface area (TPSA) is 0 Å². The molecule has 0 bridgehead atoms. The predicted molar refractivity (Wildman–Crippen MR) is 45.8 cm³/mol. The van der Waals surface area contributed by atoms with Crippen molar-refractivity contribution in [3.8, 4) is 0 Å². The Kier molecular flexibility index (Phi) is 7.37. The molecule has 0 spiro atoms. The van der Waals surface area contributed by atoms with Crippen molar-refractivity contribution >= 4 is 21.1 Å². The molecule has 0 heterocycles. The summed E-state index contributed by atoms with van der Waals surface area (Å²) in [6.07, 6.45) is 8.26. The Morgan fingerprint density at radius 2 is 1.80 bits per heavy atom. The van der Waals surface area contributed by atoms with Gasteiger partial charge < -0.3 is 0 Å². The van der Waals surface area contributed by atoms with Gasteiger partial charge in [0.25, 0.3) is 0 Å². The van der Waals surface area contributed by atoms with E-state index in [9.17, 15) is 0 Å². The quantitative estimate of drug-likeness (QED) is 0.681. The number of allylic oxidation sites excluding steroid dienone is 4. The van der Waals surface area contributed by atoms with E-state index in [0.717, 1.165) is 23.5 Å². The third-order valence-corrected chi connectivity index (χ3v) is 1.57. The van der Waals surface area contributed by atoms with E-state index >= 15 is 0 Å².